The molecular weight excluding hydrogens is 1020 g/mol. The first kappa shape index (κ1) is 50.6. The molecule has 0 saturated carbocycles. The second-order valence-electron chi connectivity index (χ2n) is 24.3. The van der Waals surface area contributed by atoms with Crippen LogP contribution in [0.5, 0.6) is 0 Å². The molecule has 2 aliphatic carbocycles. The van der Waals surface area contributed by atoms with E-state index in [0.29, 0.717) is 0 Å². The molecule has 84 heavy (non-hydrogen) atoms. The minimum absolute atomic E-state index is 0.980. The number of aryl methyl sites for hydroxylation is 6. The van der Waals surface area contributed by atoms with Crippen LogP contribution in [0.3, 0.4) is 0 Å². The van der Waals surface area contributed by atoms with E-state index < -0.39 is 0 Å². The Balaban J connectivity index is 1.000. The zero-order valence-corrected chi connectivity index (χ0v) is 48.9. The normalized spacial score (nSPS) is 13.5. The summed E-state index contributed by atoms with van der Waals surface area (Å²) in [5.74, 6) is 0. The average Bonchev–Trinajstić information content (AvgIpc) is 1.22. The standard InChI is InChI=1S/C80H70N4/c1-5-21-55-47-75(81(71-37-19-27-53-25-9-11-29-59(53)71)57-39-41-65-63-31-13-17-35-73(63)83(77(65)49-57)69-33-15-7-23-51(69)3)67-46-44-62-56(22-6-2)48-76(68-45-43-61(55)79(67)80(62)68)82(72-38-20-28-54-26-10-12-30-60(54)72)58-40-42-66-64-32-14-18-36-74(64)84(78(66)50-58)70-34-16-8-24-52(70)4/h7-8,13-20,23-24,27-28,31-50H,5-6,9-12,21-22,25-26,29-30H2,1-4H3. The van der Waals surface area contributed by atoms with Crippen LogP contribution in [-0.4, -0.2) is 9.13 Å². The molecule has 0 amide bonds. The Morgan fingerprint density at radius 3 is 1.18 bits per heavy atom. The number of para-hydroxylation sites is 4. The van der Waals surface area contributed by atoms with Gasteiger partial charge in [0, 0.05) is 66.4 Å². The van der Waals surface area contributed by atoms with E-state index in [9.17, 15) is 0 Å². The van der Waals surface area contributed by atoms with Crippen molar-refractivity contribution in [1.82, 2.24) is 9.13 Å². The van der Waals surface area contributed by atoms with Gasteiger partial charge in [-0.25, -0.2) is 0 Å². The molecule has 0 radical (unpaired) electrons. The minimum atomic E-state index is 0.980. The molecular formula is C80H70N4. The van der Waals surface area contributed by atoms with E-state index in [1.165, 1.54) is 192 Å². The molecule has 4 nitrogen and oxygen atoms in total. The summed E-state index contributed by atoms with van der Waals surface area (Å²) in [5, 5.41) is 13.2. The maximum absolute atomic E-state index is 2.69. The molecule has 2 aromatic heterocycles. The molecule has 0 saturated heterocycles. The number of aromatic nitrogens is 2. The molecule has 0 aliphatic heterocycles. The number of anilines is 6. The van der Waals surface area contributed by atoms with Crippen LogP contribution in [0.2, 0.25) is 0 Å². The van der Waals surface area contributed by atoms with Crippen molar-refractivity contribution >= 4 is 110 Å². The molecule has 2 aliphatic rings. The zero-order valence-electron chi connectivity index (χ0n) is 48.9. The first-order valence-electron chi connectivity index (χ1n) is 31.2. The lowest BCUT2D eigenvalue weighted by Crippen LogP contribution is -2.17. The Kier molecular flexibility index (Phi) is 12.3. The fraction of sp³-hybridized carbons (Fsp3) is 0.200. The summed E-state index contributed by atoms with van der Waals surface area (Å²) in [7, 11) is 0. The summed E-state index contributed by atoms with van der Waals surface area (Å²) >= 11 is 0. The minimum Gasteiger partial charge on any atom is -0.309 e. The van der Waals surface area contributed by atoms with Crippen LogP contribution in [-0.2, 0) is 38.5 Å². The molecule has 410 valence electrons. The third-order valence-electron chi connectivity index (χ3n) is 19.3. The molecule has 4 heteroatoms. The van der Waals surface area contributed by atoms with Crippen LogP contribution in [0.15, 0.2) is 206 Å². The summed E-state index contributed by atoms with van der Waals surface area (Å²) in [4.78, 5) is 5.38. The number of hydrogen-bond donors (Lipinski definition) is 0. The molecule has 0 unspecified atom stereocenters. The summed E-state index contributed by atoms with van der Waals surface area (Å²) in [6.07, 6.45) is 13.3. The fourth-order valence-electron chi connectivity index (χ4n) is 15.5. The molecule has 16 rings (SSSR count). The average molecular weight is 1090 g/mol. The van der Waals surface area contributed by atoms with Gasteiger partial charge in [-0.1, -0.05) is 160 Å². The van der Waals surface area contributed by atoms with Crippen molar-refractivity contribution in [3.05, 3.63) is 251 Å². The number of fused-ring (bicyclic) bond motifs is 8. The largest absolute Gasteiger partial charge is 0.309 e. The second-order valence-corrected chi connectivity index (χ2v) is 24.3. The number of hydrogen-bond acceptors (Lipinski definition) is 2. The van der Waals surface area contributed by atoms with E-state index in [-0.39, 0.29) is 0 Å². The lowest BCUT2D eigenvalue weighted by Gasteiger charge is -2.33. The topological polar surface area (TPSA) is 16.3 Å². The molecule has 2 heterocycles. The van der Waals surface area contributed by atoms with Crippen molar-refractivity contribution in [3.8, 4) is 11.4 Å². The van der Waals surface area contributed by atoms with Crippen LogP contribution in [0.25, 0.3) is 87.3 Å². The van der Waals surface area contributed by atoms with E-state index in [0.717, 1.165) is 51.4 Å². The maximum Gasteiger partial charge on any atom is 0.0562 e. The predicted molar refractivity (Wildman–Crippen MR) is 359 cm³/mol. The highest BCUT2D eigenvalue weighted by Crippen LogP contribution is 2.53. The van der Waals surface area contributed by atoms with Gasteiger partial charge in [-0.15, -0.1) is 0 Å². The van der Waals surface area contributed by atoms with Gasteiger partial charge in [-0.3, -0.25) is 0 Å². The van der Waals surface area contributed by atoms with Crippen molar-refractivity contribution in [2.45, 2.75) is 105 Å². The highest BCUT2D eigenvalue weighted by atomic mass is 15.2. The SMILES string of the molecule is CCCc1cc(N(c2ccc3c4ccccc4n(-c4ccccc4C)c3c2)c2cccc3c2CCCC3)c2ccc3c(CCC)cc(N(c4ccc5c6ccccc6n(-c6ccccc6C)c5c4)c4cccc5c4CCCC5)c4ccc1c2c34. The molecule has 12 aromatic carbocycles. The van der Waals surface area contributed by atoms with Gasteiger partial charge in [0.1, 0.15) is 0 Å². The van der Waals surface area contributed by atoms with Gasteiger partial charge in [0.2, 0.25) is 0 Å². The quantitative estimate of drug-likeness (QED) is 0.113. The number of benzene rings is 12. The summed E-state index contributed by atoms with van der Waals surface area (Å²) in [6, 6.07) is 79.9. The van der Waals surface area contributed by atoms with E-state index >= 15 is 0 Å². The second kappa shape index (κ2) is 20.3. The van der Waals surface area contributed by atoms with Crippen molar-refractivity contribution in [1.29, 1.82) is 0 Å². The van der Waals surface area contributed by atoms with Gasteiger partial charge >= 0.3 is 0 Å². The van der Waals surface area contributed by atoms with Crippen molar-refractivity contribution < 1.29 is 0 Å². The summed E-state index contributed by atoms with van der Waals surface area (Å²) < 4.78 is 5.03. The third kappa shape index (κ3) is 7.86. The Bertz CT molecular complexity index is 4620. The number of rotatable bonds is 12. The highest BCUT2D eigenvalue weighted by Gasteiger charge is 2.30. The van der Waals surface area contributed by atoms with Gasteiger partial charge in [-0.05, 0) is 217 Å². The lowest BCUT2D eigenvalue weighted by molar-refractivity contribution is 0.686. The van der Waals surface area contributed by atoms with Gasteiger partial charge in [0.15, 0.2) is 0 Å². The molecule has 0 atom stereocenters. The Hall–Kier alpha value is -9.12. The molecule has 0 N–H and O–H groups in total. The van der Waals surface area contributed by atoms with Crippen LogP contribution < -0.4 is 9.80 Å². The van der Waals surface area contributed by atoms with Crippen molar-refractivity contribution in [2.24, 2.45) is 0 Å². The smallest absolute Gasteiger partial charge is 0.0562 e. The Morgan fingerprint density at radius 1 is 0.333 bits per heavy atom. The van der Waals surface area contributed by atoms with Gasteiger partial charge < -0.3 is 18.9 Å². The maximum atomic E-state index is 2.69. The van der Waals surface area contributed by atoms with Gasteiger partial charge in [0.25, 0.3) is 0 Å². The van der Waals surface area contributed by atoms with E-state index in [1.807, 2.05) is 0 Å². The van der Waals surface area contributed by atoms with Crippen LogP contribution in [0, 0.1) is 13.8 Å². The van der Waals surface area contributed by atoms with Crippen molar-refractivity contribution in [3.63, 3.8) is 0 Å². The fourth-order valence-corrected chi connectivity index (χ4v) is 15.5. The lowest BCUT2D eigenvalue weighted by atomic mass is 9.85. The highest BCUT2D eigenvalue weighted by molar-refractivity contribution is 6.29. The number of nitrogens with zero attached hydrogens (tertiary/aromatic N) is 4. The van der Waals surface area contributed by atoms with Crippen LogP contribution in [0.4, 0.5) is 34.1 Å². The van der Waals surface area contributed by atoms with Gasteiger partial charge in [0.05, 0.1) is 33.4 Å². The molecule has 0 fully saturated rings. The summed E-state index contributed by atoms with van der Waals surface area (Å²) in [5.41, 5.74) is 26.1. The third-order valence-corrected chi connectivity index (χ3v) is 19.3. The monoisotopic (exact) mass is 1090 g/mol. The first-order valence-corrected chi connectivity index (χ1v) is 31.2. The molecule has 14 aromatic rings. The van der Waals surface area contributed by atoms with Crippen LogP contribution >= 0.6 is 0 Å². The van der Waals surface area contributed by atoms with E-state index in [2.05, 4.69) is 253 Å². The Morgan fingerprint density at radius 2 is 0.726 bits per heavy atom. The van der Waals surface area contributed by atoms with Crippen molar-refractivity contribution in [2.75, 3.05) is 9.80 Å². The summed E-state index contributed by atoms with van der Waals surface area (Å²) in [6.45, 7) is 9.20. The Labute approximate surface area is 493 Å². The zero-order chi connectivity index (χ0) is 56.2. The van der Waals surface area contributed by atoms with E-state index in [1.54, 1.807) is 0 Å². The predicted octanol–water partition coefficient (Wildman–Crippen LogP) is 22.0. The molecule has 0 spiro atoms. The first-order chi connectivity index (χ1) is 41.4. The van der Waals surface area contributed by atoms with E-state index in [4.69, 9.17) is 0 Å². The molecule has 0 bridgehead atoms. The van der Waals surface area contributed by atoms with Crippen LogP contribution in [0.1, 0.15) is 96.9 Å². The van der Waals surface area contributed by atoms with Gasteiger partial charge in [-0.2, -0.15) is 0 Å².